The van der Waals surface area contributed by atoms with Gasteiger partial charge >= 0.3 is 0 Å². The molecule has 0 saturated carbocycles. The highest BCUT2D eigenvalue weighted by Crippen LogP contribution is 2.24. The largest absolute Gasteiger partial charge is 0.360 e. The molecule has 0 bridgehead atoms. The molecule has 0 aliphatic rings. The average Bonchev–Trinajstić information content (AvgIpc) is 2.87. The lowest BCUT2D eigenvalue weighted by molar-refractivity contribution is 0.0845. The minimum atomic E-state index is -0.152. The number of nitrogens with one attached hydrogen (secondary N) is 1. The van der Waals surface area contributed by atoms with Gasteiger partial charge in [-0.2, -0.15) is 0 Å². The Kier molecular flexibility index (Phi) is 6.60. The van der Waals surface area contributed by atoms with E-state index in [9.17, 15) is 4.79 Å². The molecule has 1 aromatic rings. The first kappa shape index (κ1) is 18.7. The molecule has 1 amide bonds. The number of carbonyl (C=O) groups excluding carboxylic acids is 1. The molecule has 0 aliphatic carbocycles. The SMILES string of the molecule is CCc1onc(C(=O)NCC(C)(C)C(C)N(CC)CC)c1C. The second-order valence-corrected chi connectivity index (χ2v) is 6.50. The van der Waals surface area contributed by atoms with Gasteiger partial charge in [0.25, 0.3) is 5.91 Å². The molecule has 22 heavy (non-hydrogen) atoms. The van der Waals surface area contributed by atoms with Gasteiger partial charge in [0.2, 0.25) is 0 Å². The molecule has 1 unspecified atom stereocenters. The minimum Gasteiger partial charge on any atom is -0.360 e. The van der Waals surface area contributed by atoms with Crippen molar-refractivity contribution in [2.45, 2.75) is 60.9 Å². The van der Waals surface area contributed by atoms with E-state index >= 15 is 0 Å². The summed E-state index contributed by atoms with van der Waals surface area (Å²) in [4.78, 5) is 14.7. The molecule has 1 rings (SSSR count). The zero-order valence-corrected chi connectivity index (χ0v) is 15.1. The van der Waals surface area contributed by atoms with Crippen LogP contribution in [0.5, 0.6) is 0 Å². The molecular weight excluding hydrogens is 278 g/mol. The van der Waals surface area contributed by atoms with E-state index in [0.717, 1.165) is 30.8 Å². The van der Waals surface area contributed by atoms with Crippen LogP contribution in [0.25, 0.3) is 0 Å². The molecule has 0 spiro atoms. The molecule has 0 radical (unpaired) electrons. The van der Waals surface area contributed by atoms with E-state index in [1.807, 2.05) is 13.8 Å². The molecule has 1 heterocycles. The Bertz CT molecular complexity index is 490. The quantitative estimate of drug-likeness (QED) is 0.802. The van der Waals surface area contributed by atoms with Gasteiger partial charge in [0, 0.05) is 24.6 Å². The van der Waals surface area contributed by atoms with Crippen molar-refractivity contribution in [3.8, 4) is 0 Å². The first-order chi connectivity index (χ1) is 10.3. The van der Waals surface area contributed by atoms with Crippen LogP contribution in [0.2, 0.25) is 0 Å². The minimum absolute atomic E-state index is 0.0209. The van der Waals surface area contributed by atoms with Crippen LogP contribution in [0.15, 0.2) is 4.52 Å². The van der Waals surface area contributed by atoms with Gasteiger partial charge in [-0.1, -0.05) is 39.8 Å². The van der Waals surface area contributed by atoms with Gasteiger partial charge in [0.15, 0.2) is 5.69 Å². The predicted octanol–water partition coefficient (Wildman–Crippen LogP) is 3.03. The summed E-state index contributed by atoms with van der Waals surface area (Å²) in [7, 11) is 0. The van der Waals surface area contributed by atoms with Crippen molar-refractivity contribution in [3.63, 3.8) is 0 Å². The van der Waals surface area contributed by atoms with Crippen LogP contribution >= 0.6 is 0 Å². The lowest BCUT2D eigenvalue weighted by Crippen LogP contribution is -2.48. The van der Waals surface area contributed by atoms with Crippen molar-refractivity contribution in [2.75, 3.05) is 19.6 Å². The Morgan fingerprint density at radius 2 is 1.91 bits per heavy atom. The number of carbonyl (C=O) groups is 1. The van der Waals surface area contributed by atoms with Gasteiger partial charge in [-0.05, 0) is 32.4 Å². The summed E-state index contributed by atoms with van der Waals surface area (Å²) >= 11 is 0. The molecule has 1 atom stereocenters. The summed E-state index contributed by atoms with van der Waals surface area (Å²) in [5, 5.41) is 6.92. The van der Waals surface area contributed by atoms with Crippen LogP contribution in [0.3, 0.4) is 0 Å². The van der Waals surface area contributed by atoms with E-state index in [-0.39, 0.29) is 11.3 Å². The van der Waals surface area contributed by atoms with Gasteiger partial charge in [0.05, 0.1) is 0 Å². The second kappa shape index (κ2) is 7.77. The van der Waals surface area contributed by atoms with Crippen LogP contribution in [0.1, 0.15) is 63.4 Å². The molecule has 126 valence electrons. The predicted molar refractivity (Wildman–Crippen MR) is 89.1 cm³/mol. The Morgan fingerprint density at radius 1 is 1.32 bits per heavy atom. The maximum Gasteiger partial charge on any atom is 0.273 e. The fraction of sp³-hybridized carbons (Fsp3) is 0.765. The summed E-state index contributed by atoms with van der Waals surface area (Å²) in [5.41, 5.74) is 1.23. The van der Waals surface area contributed by atoms with Gasteiger partial charge in [0.1, 0.15) is 5.76 Å². The Balaban J connectivity index is 2.71. The summed E-state index contributed by atoms with van der Waals surface area (Å²) in [6.45, 7) is 17.4. The van der Waals surface area contributed by atoms with Crippen LogP contribution in [0, 0.1) is 12.3 Å². The smallest absolute Gasteiger partial charge is 0.273 e. The zero-order valence-electron chi connectivity index (χ0n) is 15.1. The zero-order chi connectivity index (χ0) is 16.9. The van der Waals surface area contributed by atoms with Gasteiger partial charge in [-0.25, -0.2) is 0 Å². The molecule has 0 saturated heterocycles. The van der Waals surface area contributed by atoms with Crippen LogP contribution in [0.4, 0.5) is 0 Å². The molecule has 0 aromatic carbocycles. The van der Waals surface area contributed by atoms with E-state index in [1.54, 1.807) is 0 Å². The number of amides is 1. The normalized spacial score (nSPS) is 13.5. The highest BCUT2D eigenvalue weighted by atomic mass is 16.5. The Hall–Kier alpha value is -1.36. The summed E-state index contributed by atoms with van der Waals surface area (Å²) < 4.78 is 5.20. The van der Waals surface area contributed by atoms with Crippen LogP contribution in [-0.2, 0) is 6.42 Å². The van der Waals surface area contributed by atoms with Gasteiger partial charge in [-0.15, -0.1) is 0 Å². The van der Waals surface area contributed by atoms with Crippen molar-refractivity contribution in [1.82, 2.24) is 15.4 Å². The van der Waals surface area contributed by atoms with Crippen molar-refractivity contribution < 1.29 is 9.32 Å². The van der Waals surface area contributed by atoms with E-state index < -0.39 is 0 Å². The van der Waals surface area contributed by atoms with Crippen LogP contribution < -0.4 is 5.32 Å². The molecule has 5 heteroatoms. The topological polar surface area (TPSA) is 58.4 Å². The van der Waals surface area contributed by atoms with Gasteiger partial charge in [-0.3, -0.25) is 4.79 Å². The third-order valence-electron chi connectivity index (χ3n) is 4.75. The van der Waals surface area contributed by atoms with Crippen molar-refractivity contribution >= 4 is 5.91 Å². The first-order valence-corrected chi connectivity index (χ1v) is 8.25. The standard InChI is InChI=1S/C17H31N3O2/c1-8-14-12(4)15(19-22-14)16(21)18-11-17(6,7)13(5)20(9-2)10-3/h13H,8-11H2,1-7H3,(H,18,21). The van der Waals surface area contributed by atoms with Crippen molar-refractivity contribution in [3.05, 3.63) is 17.0 Å². The lowest BCUT2D eigenvalue weighted by atomic mass is 9.84. The van der Waals surface area contributed by atoms with Gasteiger partial charge < -0.3 is 14.7 Å². The van der Waals surface area contributed by atoms with E-state index in [4.69, 9.17) is 4.52 Å². The Labute approximate surface area is 134 Å². The molecule has 0 aliphatic heterocycles. The number of hydrogen-bond donors (Lipinski definition) is 1. The van der Waals surface area contributed by atoms with Crippen LogP contribution in [-0.4, -0.2) is 41.6 Å². The van der Waals surface area contributed by atoms with Crippen molar-refractivity contribution in [1.29, 1.82) is 0 Å². The Morgan fingerprint density at radius 3 is 2.36 bits per heavy atom. The summed E-state index contributed by atoms with van der Waals surface area (Å²) in [5.74, 6) is 0.627. The fourth-order valence-electron chi connectivity index (χ4n) is 2.72. The van der Waals surface area contributed by atoms with E-state index in [2.05, 4.69) is 50.0 Å². The summed E-state index contributed by atoms with van der Waals surface area (Å²) in [6.07, 6.45) is 0.747. The maximum atomic E-state index is 12.3. The highest BCUT2D eigenvalue weighted by molar-refractivity contribution is 5.93. The molecule has 1 aromatic heterocycles. The number of aryl methyl sites for hydroxylation is 1. The monoisotopic (exact) mass is 309 g/mol. The van der Waals surface area contributed by atoms with Crippen molar-refractivity contribution in [2.24, 2.45) is 5.41 Å². The summed E-state index contributed by atoms with van der Waals surface area (Å²) in [6, 6.07) is 0.382. The third kappa shape index (κ3) is 4.09. The molecule has 0 fully saturated rings. The maximum absolute atomic E-state index is 12.3. The molecule has 5 nitrogen and oxygen atoms in total. The molecule has 1 N–H and O–H groups in total. The second-order valence-electron chi connectivity index (χ2n) is 6.50. The lowest BCUT2D eigenvalue weighted by Gasteiger charge is -2.39. The number of nitrogens with zero attached hydrogens (tertiary/aromatic N) is 2. The third-order valence-corrected chi connectivity index (χ3v) is 4.75. The number of hydrogen-bond acceptors (Lipinski definition) is 4. The number of aromatic nitrogens is 1. The molecular formula is C17H31N3O2. The average molecular weight is 309 g/mol. The highest BCUT2D eigenvalue weighted by Gasteiger charge is 2.30. The first-order valence-electron chi connectivity index (χ1n) is 8.25. The van der Waals surface area contributed by atoms with E-state index in [0.29, 0.717) is 18.3 Å². The van der Waals surface area contributed by atoms with E-state index in [1.165, 1.54) is 0 Å². The number of rotatable bonds is 8. The fourth-order valence-corrected chi connectivity index (χ4v) is 2.72.